The molecule has 41 heavy (non-hydrogen) atoms. The summed E-state index contributed by atoms with van der Waals surface area (Å²) in [5.74, 6) is -0.0108. The van der Waals surface area contributed by atoms with Crippen LogP contribution in [0.1, 0.15) is 15.9 Å². The number of carbonyl (C=O) groups excluding carboxylic acids is 1. The highest BCUT2D eigenvalue weighted by Gasteiger charge is 2.11. The average Bonchev–Trinajstić information content (AvgIpc) is 2.99. The molecule has 5 aromatic rings. The molecule has 1 heterocycles. The molecular weight excluding hydrogens is 524 g/mol. The second-order valence-corrected chi connectivity index (χ2v) is 8.41. The average molecular weight is 547 g/mol. The third-order valence-corrected chi connectivity index (χ3v) is 5.46. The van der Waals surface area contributed by atoms with Crippen LogP contribution in [0.25, 0.3) is 0 Å². The third-order valence-electron chi connectivity index (χ3n) is 5.46. The number of esters is 1. The topological polar surface area (TPSA) is 163 Å². The molecule has 0 radical (unpaired) electrons. The fourth-order valence-corrected chi connectivity index (χ4v) is 3.50. The molecule has 1 aromatic heterocycles. The number of nitro benzene ring substituents is 1. The van der Waals surface area contributed by atoms with Gasteiger partial charge in [-0.3, -0.25) is 20.1 Å². The molecule has 5 rings (SSSR count). The van der Waals surface area contributed by atoms with Crippen LogP contribution in [-0.4, -0.2) is 32.1 Å². The van der Waals surface area contributed by atoms with Gasteiger partial charge in [-0.1, -0.05) is 36.4 Å². The van der Waals surface area contributed by atoms with Gasteiger partial charge in [-0.15, -0.1) is 0 Å². The van der Waals surface area contributed by atoms with Gasteiger partial charge in [-0.2, -0.15) is 10.1 Å². The molecule has 3 N–H and O–H groups in total. The minimum atomic E-state index is -0.626. The normalized spacial score (nSPS) is 11.9. The van der Waals surface area contributed by atoms with E-state index in [9.17, 15) is 14.9 Å². The monoisotopic (exact) mass is 546 g/mol. The lowest BCUT2D eigenvalue weighted by molar-refractivity contribution is -0.384. The van der Waals surface area contributed by atoms with E-state index < -0.39 is 10.9 Å². The first-order chi connectivity index (χ1) is 20.0. The van der Waals surface area contributed by atoms with Crippen molar-refractivity contribution in [3.8, 4) is 5.75 Å². The molecule has 0 aliphatic carbocycles. The molecule has 0 saturated carbocycles. The van der Waals surface area contributed by atoms with Gasteiger partial charge in [0.15, 0.2) is 0 Å². The second-order valence-electron chi connectivity index (χ2n) is 8.41. The molecular formula is C29H22N8O4. The molecule has 0 atom stereocenters. The molecule has 0 spiro atoms. The Kier molecular flexibility index (Phi) is 8.11. The van der Waals surface area contributed by atoms with Gasteiger partial charge < -0.3 is 4.74 Å². The van der Waals surface area contributed by atoms with Crippen molar-refractivity contribution in [1.29, 1.82) is 0 Å². The molecule has 12 heteroatoms. The highest BCUT2D eigenvalue weighted by molar-refractivity contribution is 5.91. The van der Waals surface area contributed by atoms with Crippen molar-refractivity contribution in [3.63, 3.8) is 0 Å². The molecule has 202 valence electrons. The van der Waals surface area contributed by atoms with Crippen LogP contribution < -0.4 is 21.4 Å². The fourth-order valence-electron chi connectivity index (χ4n) is 3.50. The van der Waals surface area contributed by atoms with Crippen LogP contribution in [0.3, 0.4) is 0 Å². The number of H-pyrrole nitrogens is 2. The van der Waals surface area contributed by atoms with Gasteiger partial charge in [-0.05, 0) is 66.2 Å². The number of nitrogens with zero attached hydrogens (tertiary/aromatic N) is 5. The maximum absolute atomic E-state index is 12.3. The Bertz CT molecular complexity index is 1740. The highest BCUT2D eigenvalue weighted by atomic mass is 16.6. The molecule has 0 bridgehead atoms. The van der Waals surface area contributed by atoms with E-state index in [0.717, 1.165) is 16.9 Å². The Balaban J connectivity index is 1.30. The Morgan fingerprint density at radius 2 is 1.46 bits per heavy atom. The first kappa shape index (κ1) is 26.4. The lowest BCUT2D eigenvalue weighted by Gasteiger charge is -2.04. The lowest BCUT2D eigenvalue weighted by Crippen LogP contribution is -2.28. The van der Waals surface area contributed by atoms with Gasteiger partial charge in [0.1, 0.15) is 5.75 Å². The van der Waals surface area contributed by atoms with Gasteiger partial charge >= 0.3 is 5.97 Å². The van der Waals surface area contributed by atoms with E-state index in [4.69, 9.17) is 4.74 Å². The number of nitro groups is 1. The smallest absolute Gasteiger partial charge is 0.343 e. The van der Waals surface area contributed by atoms with E-state index in [-0.39, 0.29) is 11.3 Å². The Hall–Kier alpha value is -6.17. The summed E-state index contributed by atoms with van der Waals surface area (Å²) in [5.41, 5.74) is 5.86. The van der Waals surface area contributed by atoms with Crippen LogP contribution in [0.2, 0.25) is 0 Å². The van der Waals surface area contributed by atoms with Gasteiger partial charge in [-0.25, -0.2) is 20.2 Å². The lowest BCUT2D eigenvalue weighted by atomic mass is 10.2. The number of non-ortho nitro benzene ring substituents is 1. The van der Waals surface area contributed by atoms with E-state index in [1.54, 1.807) is 30.5 Å². The number of anilines is 1. The summed E-state index contributed by atoms with van der Waals surface area (Å²) in [6.07, 6.45) is 1.57. The van der Waals surface area contributed by atoms with Crippen molar-refractivity contribution in [2.45, 2.75) is 0 Å². The number of nitrogens with one attached hydrogen (secondary N) is 3. The zero-order chi connectivity index (χ0) is 28.4. The Morgan fingerprint density at radius 3 is 2.10 bits per heavy atom. The summed E-state index contributed by atoms with van der Waals surface area (Å²) in [5, 5.41) is 15.0. The number of carbonyl (C=O) groups is 1. The summed E-state index contributed by atoms with van der Waals surface area (Å²) in [6.45, 7) is 0. The minimum Gasteiger partial charge on any atom is -0.423 e. The summed E-state index contributed by atoms with van der Waals surface area (Å²) < 4.78 is 5.35. The van der Waals surface area contributed by atoms with Crippen LogP contribution in [0, 0.1) is 10.1 Å². The van der Waals surface area contributed by atoms with Crippen molar-refractivity contribution in [2.24, 2.45) is 15.1 Å². The van der Waals surface area contributed by atoms with Crippen LogP contribution in [0.4, 0.5) is 23.0 Å². The number of aromatic nitrogens is 3. The summed E-state index contributed by atoms with van der Waals surface area (Å²) in [7, 11) is 0. The molecule has 0 saturated heterocycles. The van der Waals surface area contributed by atoms with Crippen LogP contribution in [0.5, 0.6) is 5.75 Å². The summed E-state index contributed by atoms with van der Waals surface area (Å²) >= 11 is 0. The van der Waals surface area contributed by atoms with E-state index in [1.165, 1.54) is 24.3 Å². The summed E-state index contributed by atoms with van der Waals surface area (Å²) in [4.78, 5) is 42.2. The zero-order valence-electron chi connectivity index (χ0n) is 21.3. The number of hydrazone groups is 1. The number of hydrogen-bond donors (Lipinski definition) is 3. The van der Waals surface area contributed by atoms with E-state index in [2.05, 4.69) is 35.5 Å². The molecule has 12 nitrogen and oxygen atoms in total. The number of rotatable bonds is 8. The third kappa shape index (κ3) is 7.45. The number of para-hydroxylation sites is 2. The van der Waals surface area contributed by atoms with Crippen molar-refractivity contribution in [3.05, 3.63) is 142 Å². The van der Waals surface area contributed by atoms with Crippen LogP contribution in [-0.2, 0) is 0 Å². The SMILES string of the molecule is O=C(Oc1ccc(/C=N\Nc2nc(=Nc3ccccc3)[nH]c(=Nc3ccccc3)[nH]2)cc1)c1ccc([N+](=O)[O-])cc1. The first-order valence-corrected chi connectivity index (χ1v) is 12.3. The predicted octanol–water partition coefficient (Wildman–Crippen LogP) is 4.78. The number of aromatic amines is 2. The first-order valence-electron chi connectivity index (χ1n) is 12.3. The predicted molar refractivity (Wildman–Crippen MR) is 152 cm³/mol. The Morgan fingerprint density at radius 1 is 0.829 bits per heavy atom. The second kappa shape index (κ2) is 12.6. The molecule has 0 unspecified atom stereocenters. The molecule has 0 aliphatic rings. The maximum atomic E-state index is 12.3. The number of ether oxygens (including phenoxy) is 1. The van der Waals surface area contributed by atoms with Gasteiger partial charge in [0.05, 0.1) is 28.1 Å². The highest BCUT2D eigenvalue weighted by Crippen LogP contribution is 2.16. The van der Waals surface area contributed by atoms with Crippen molar-refractivity contribution >= 4 is 35.2 Å². The molecule has 0 aliphatic heterocycles. The zero-order valence-corrected chi connectivity index (χ0v) is 21.3. The van der Waals surface area contributed by atoms with E-state index in [1.807, 2.05) is 60.7 Å². The van der Waals surface area contributed by atoms with Crippen LogP contribution >= 0.6 is 0 Å². The molecule has 0 amide bonds. The molecule has 4 aromatic carbocycles. The number of hydrogen-bond acceptors (Lipinski definition) is 9. The fraction of sp³-hybridized carbons (Fsp3) is 0. The van der Waals surface area contributed by atoms with Crippen molar-refractivity contribution < 1.29 is 14.5 Å². The standard InChI is InChI=1S/C29H22N8O4/c38-26(21-13-15-24(16-14-21)37(39)40)41-25-17-11-20(12-18-25)19-30-36-29-34-27(31-22-7-3-1-4-8-22)33-28(35-29)32-23-9-5-2-6-10-23/h1-19H,(H3,31,32,33,34,35,36)/b30-19-. The van der Waals surface area contributed by atoms with E-state index in [0.29, 0.717) is 22.9 Å². The van der Waals surface area contributed by atoms with Crippen molar-refractivity contribution in [2.75, 3.05) is 5.43 Å². The Labute approximate surface area is 232 Å². The van der Waals surface area contributed by atoms with E-state index >= 15 is 0 Å². The van der Waals surface area contributed by atoms with Crippen LogP contribution in [0.15, 0.2) is 124 Å². The van der Waals surface area contributed by atoms with Gasteiger partial charge in [0.2, 0.25) is 17.2 Å². The molecule has 0 fully saturated rings. The van der Waals surface area contributed by atoms with Gasteiger partial charge in [0, 0.05) is 12.1 Å². The maximum Gasteiger partial charge on any atom is 0.343 e. The van der Waals surface area contributed by atoms with Gasteiger partial charge in [0.25, 0.3) is 5.69 Å². The largest absolute Gasteiger partial charge is 0.423 e. The summed E-state index contributed by atoms with van der Waals surface area (Å²) in [6, 6.07) is 30.7. The minimum absolute atomic E-state index is 0.108. The van der Waals surface area contributed by atoms with Crippen molar-refractivity contribution in [1.82, 2.24) is 15.0 Å². The number of benzene rings is 4. The quantitative estimate of drug-likeness (QED) is 0.0834.